The second-order valence-electron chi connectivity index (χ2n) is 10.3. The molecular weight excluding hydrogens is 488 g/mol. The maximum atomic E-state index is 17.0. The number of carbonyl (C=O) groups excluding carboxylic acids is 2. The molecule has 0 aliphatic heterocycles. The summed E-state index contributed by atoms with van der Waals surface area (Å²) >= 11 is 0. The van der Waals surface area contributed by atoms with Gasteiger partial charge in [0.1, 0.15) is 12.2 Å². The van der Waals surface area contributed by atoms with E-state index in [1.54, 1.807) is 20.8 Å². The van der Waals surface area contributed by atoms with Gasteiger partial charge < -0.3 is 29.1 Å². The van der Waals surface area contributed by atoms with Crippen molar-refractivity contribution in [3.63, 3.8) is 0 Å². The molecule has 12 heteroatoms. The number of rotatable bonds is 4. The number of hydrogen-bond donors (Lipinski definition) is 2. The minimum Gasteiger partial charge on any atom is -0.790 e. The third-order valence-corrected chi connectivity index (χ3v) is 9.45. The monoisotopic (exact) mass is 516 g/mol. The van der Waals surface area contributed by atoms with Gasteiger partial charge in [-0.1, -0.05) is 25.5 Å². The van der Waals surface area contributed by atoms with Crippen molar-refractivity contribution in [3.05, 3.63) is 23.8 Å². The summed E-state index contributed by atoms with van der Waals surface area (Å²) in [6, 6.07) is 0. The van der Waals surface area contributed by atoms with Gasteiger partial charge in [-0.05, 0) is 56.6 Å². The van der Waals surface area contributed by atoms with Crippen molar-refractivity contribution in [1.29, 1.82) is 0 Å². The quantitative estimate of drug-likeness (QED) is 0.279. The van der Waals surface area contributed by atoms with E-state index in [2.05, 4.69) is 4.52 Å². The molecule has 34 heavy (non-hydrogen) atoms. The fraction of sp³-hybridized carbons (Fsp3) is 0.727. The Bertz CT molecular complexity index is 984. The van der Waals surface area contributed by atoms with Crippen LogP contribution in [0, 0.1) is 28.6 Å². The molecule has 0 radical (unpaired) electrons. The van der Waals surface area contributed by atoms with E-state index in [-0.39, 0.29) is 77.7 Å². The molecule has 3 fully saturated rings. The Morgan fingerprint density at radius 1 is 1.29 bits per heavy atom. The van der Waals surface area contributed by atoms with E-state index in [4.69, 9.17) is 0 Å². The third-order valence-electron chi connectivity index (χ3n) is 9.00. The number of Topliss-reactive ketones (excluding diaryl/α,β-unsaturated/α-hetero) is 1. The van der Waals surface area contributed by atoms with Crippen LogP contribution >= 0.6 is 7.82 Å². The Morgan fingerprint density at radius 2 is 1.91 bits per heavy atom. The Balaban J connectivity index is 0.00000204. The van der Waals surface area contributed by atoms with E-state index >= 15 is 4.39 Å². The number of carbonyl (C=O) groups is 2. The number of phosphoric acid groups is 1. The number of fused-ring (bicyclic) bond motifs is 5. The van der Waals surface area contributed by atoms with Crippen LogP contribution in [0.2, 0.25) is 0 Å². The molecule has 0 aromatic carbocycles. The van der Waals surface area contributed by atoms with Gasteiger partial charge >= 0.3 is 59.1 Å². The molecule has 8 atom stereocenters. The fourth-order valence-corrected chi connectivity index (χ4v) is 7.66. The average molecular weight is 516 g/mol. The second kappa shape index (κ2) is 9.83. The van der Waals surface area contributed by atoms with Crippen LogP contribution in [0.5, 0.6) is 0 Å². The Morgan fingerprint density at radius 3 is 2.50 bits per heavy atom. The molecule has 4 rings (SSSR count). The van der Waals surface area contributed by atoms with Crippen molar-refractivity contribution in [3.8, 4) is 0 Å². The van der Waals surface area contributed by atoms with Crippen molar-refractivity contribution in [1.82, 2.24) is 0 Å². The van der Waals surface area contributed by atoms with Gasteiger partial charge in [0.25, 0.3) is 0 Å². The molecule has 0 heterocycles. The van der Waals surface area contributed by atoms with Crippen molar-refractivity contribution in [2.45, 2.75) is 63.8 Å². The summed E-state index contributed by atoms with van der Waals surface area (Å²) in [4.78, 5) is 46.6. The number of allylic oxidation sites excluding steroid dienone is 4. The Labute approximate surface area is 242 Å². The zero-order valence-corrected chi connectivity index (χ0v) is 25.1. The van der Waals surface area contributed by atoms with Crippen molar-refractivity contribution < 1.29 is 102 Å². The minimum absolute atomic E-state index is 0. The molecule has 2 N–H and O–H groups in total. The maximum absolute atomic E-state index is 17.0. The van der Waals surface area contributed by atoms with Crippen LogP contribution < -0.4 is 68.9 Å². The zero-order chi connectivity index (χ0) is 23.9. The minimum atomic E-state index is -5.43. The smallest absolute Gasteiger partial charge is 0.790 e. The molecule has 0 amide bonds. The van der Waals surface area contributed by atoms with Crippen LogP contribution in [0.15, 0.2) is 23.8 Å². The molecule has 0 aromatic heterocycles. The Hall–Kier alpha value is 0.780. The molecule has 4 aliphatic rings. The molecule has 0 spiro atoms. The first-order valence-corrected chi connectivity index (χ1v) is 12.3. The summed E-state index contributed by atoms with van der Waals surface area (Å²) < 4.78 is 32.0. The SMILES string of the molecule is CC1CC2C3CCC4=CC(=O)C=CC4(C)[C@@]3(F)C(O)CC2(C)[C@@]1(O)C(=O)COP(=O)([O-])[O-].[Na+].[Na+]. The summed E-state index contributed by atoms with van der Waals surface area (Å²) in [6.07, 6.45) is 3.54. The molecule has 178 valence electrons. The predicted molar refractivity (Wildman–Crippen MR) is 106 cm³/mol. The Kier molecular flexibility index (Phi) is 8.96. The van der Waals surface area contributed by atoms with Gasteiger partial charge in [-0.15, -0.1) is 0 Å². The summed E-state index contributed by atoms with van der Waals surface area (Å²) in [7, 11) is -5.43. The van der Waals surface area contributed by atoms with Crippen molar-refractivity contribution >= 4 is 19.4 Å². The van der Waals surface area contributed by atoms with E-state index in [0.717, 1.165) is 0 Å². The van der Waals surface area contributed by atoms with Crippen LogP contribution in [0.4, 0.5) is 4.39 Å². The van der Waals surface area contributed by atoms with Gasteiger partial charge in [-0.25, -0.2) is 4.39 Å². The number of aliphatic hydroxyl groups excluding tert-OH is 1. The molecule has 3 saturated carbocycles. The number of alkyl halides is 1. The van der Waals surface area contributed by atoms with Gasteiger partial charge in [0.15, 0.2) is 17.2 Å². The first kappa shape index (κ1) is 31.0. The van der Waals surface area contributed by atoms with Crippen LogP contribution in [0.1, 0.15) is 46.5 Å². The molecule has 0 saturated heterocycles. The topological polar surface area (TPSA) is 147 Å². The van der Waals surface area contributed by atoms with Crippen molar-refractivity contribution in [2.75, 3.05) is 6.61 Å². The number of phosphoric ester groups is 1. The van der Waals surface area contributed by atoms with Crippen LogP contribution in [-0.2, 0) is 18.7 Å². The molecular formula is C22H28FNa2O8P. The number of ketones is 2. The van der Waals surface area contributed by atoms with Crippen LogP contribution in [0.25, 0.3) is 0 Å². The summed E-state index contributed by atoms with van der Waals surface area (Å²) in [6.45, 7) is 3.80. The number of aliphatic hydroxyl groups is 2. The van der Waals surface area contributed by atoms with Crippen molar-refractivity contribution in [2.24, 2.45) is 28.6 Å². The maximum Gasteiger partial charge on any atom is 1.00 e. The number of hydrogen-bond acceptors (Lipinski definition) is 8. The van der Waals surface area contributed by atoms with Gasteiger partial charge in [0, 0.05) is 16.7 Å². The third kappa shape index (κ3) is 4.20. The molecule has 8 nitrogen and oxygen atoms in total. The molecule has 4 aliphatic carbocycles. The summed E-state index contributed by atoms with van der Waals surface area (Å²) in [5.41, 5.74) is -6.03. The first-order valence-electron chi connectivity index (χ1n) is 10.8. The molecule has 0 bridgehead atoms. The van der Waals surface area contributed by atoms with E-state index in [9.17, 15) is 34.2 Å². The van der Waals surface area contributed by atoms with E-state index in [0.29, 0.717) is 18.4 Å². The zero-order valence-electron chi connectivity index (χ0n) is 20.2. The van der Waals surface area contributed by atoms with Crippen LogP contribution in [-0.4, -0.2) is 45.8 Å². The van der Waals surface area contributed by atoms with Gasteiger partial charge in [-0.3, -0.25) is 9.59 Å². The predicted octanol–water partition coefficient (Wildman–Crippen LogP) is -5.24. The first-order chi connectivity index (χ1) is 14.6. The standard InChI is InChI=1S/C22H30FO8P.2Na/c1-12-8-16-15-5-4-13-9-14(24)6-7-19(13,2)21(15,23)17(25)10-20(16,3)22(12,27)18(26)11-31-32(28,29)30;;/h6-7,9,12,15-17,25,27H,4-5,8,10-11H2,1-3H3,(H2,28,29,30);;/q;2*+1/p-2/t12?,15?,16?,17?,19?,20?,21-,22-;;/m0../s1. The van der Waals surface area contributed by atoms with E-state index < -0.39 is 66.2 Å². The summed E-state index contributed by atoms with van der Waals surface area (Å²) in [5, 5.41) is 22.8. The normalized spacial score (nSPS) is 45.2. The molecule has 0 aromatic rings. The van der Waals surface area contributed by atoms with Gasteiger partial charge in [-0.2, -0.15) is 0 Å². The van der Waals surface area contributed by atoms with Crippen LogP contribution in [0.3, 0.4) is 0 Å². The molecule has 6 unspecified atom stereocenters. The van der Waals surface area contributed by atoms with E-state index in [1.165, 1.54) is 18.2 Å². The second-order valence-corrected chi connectivity index (χ2v) is 11.5. The largest absolute Gasteiger partial charge is 1.00 e. The van der Waals surface area contributed by atoms with Gasteiger partial charge in [0.05, 0.1) is 13.9 Å². The van der Waals surface area contributed by atoms with Gasteiger partial charge in [0.2, 0.25) is 0 Å². The summed E-state index contributed by atoms with van der Waals surface area (Å²) in [5.74, 6) is -3.06. The average Bonchev–Trinajstić information content (AvgIpc) is 2.89. The van der Waals surface area contributed by atoms with E-state index in [1.807, 2.05) is 0 Å². The fourth-order valence-electron chi connectivity index (χ4n) is 7.39. The number of halogens is 1.